The van der Waals surface area contributed by atoms with Crippen LogP contribution in [-0.4, -0.2) is 25.2 Å². The molecule has 2 aromatic rings. The van der Waals surface area contributed by atoms with Crippen LogP contribution >= 0.6 is 11.3 Å². The van der Waals surface area contributed by atoms with Gasteiger partial charge in [-0.1, -0.05) is 0 Å². The molecular weight excluding hydrogens is 288 g/mol. The highest BCUT2D eigenvalue weighted by Crippen LogP contribution is 2.29. The average Bonchev–Trinajstić information content (AvgIpc) is 2.96. The van der Waals surface area contributed by atoms with Crippen LogP contribution in [0.1, 0.15) is 11.3 Å². The first-order valence-electron chi connectivity index (χ1n) is 6.74. The van der Waals surface area contributed by atoms with Crippen molar-refractivity contribution >= 4 is 17.0 Å². The molecule has 0 amide bonds. The molecule has 1 N–H and O–H groups in total. The zero-order valence-electron chi connectivity index (χ0n) is 11.9. The van der Waals surface area contributed by atoms with Gasteiger partial charge in [0.1, 0.15) is 0 Å². The fourth-order valence-electron chi connectivity index (χ4n) is 1.93. The fourth-order valence-corrected chi connectivity index (χ4v) is 2.91. The number of thiophene rings is 1. The first-order valence-corrected chi connectivity index (χ1v) is 7.55. The number of nitrogens with zero attached hydrogens (tertiary/aromatic N) is 1. The summed E-state index contributed by atoms with van der Waals surface area (Å²) in [6.45, 7) is 2.53. The third-order valence-electron chi connectivity index (χ3n) is 3.03. The van der Waals surface area contributed by atoms with E-state index in [0.29, 0.717) is 0 Å². The molecule has 112 valence electrons. The van der Waals surface area contributed by atoms with E-state index in [-0.39, 0.29) is 10.6 Å². The Bertz CT molecular complexity index is 581. The highest BCUT2D eigenvalue weighted by Gasteiger charge is 2.07. The van der Waals surface area contributed by atoms with Gasteiger partial charge >= 0.3 is 0 Å². The Balaban J connectivity index is 1.91. The van der Waals surface area contributed by atoms with E-state index in [2.05, 4.69) is 17.4 Å². The Labute approximate surface area is 127 Å². The number of rotatable bonds is 8. The first-order chi connectivity index (χ1) is 10.2. The van der Waals surface area contributed by atoms with E-state index in [4.69, 9.17) is 4.74 Å². The molecule has 0 spiro atoms. The van der Waals surface area contributed by atoms with Crippen molar-refractivity contribution in [3.8, 4) is 10.4 Å². The molecule has 0 bridgehead atoms. The molecule has 0 radical (unpaired) electrons. The molecule has 0 fully saturated rings. The topological polar surface area (TPSA) is 64.4 Å². The third kappa shape index (κ3) is 4.63. The Hall–Kier alpha value is -1.76. The summed E-state index contributed by atoms with van der Waals surface area (Å²) in [5.41, 5.74) is 1.13. The summed E-state index contributed by atoms with van der Waals surface area (Å²) >= 11 is 1.70. The number of benzene rings is 1. The van der Waals surface area contributed by atoms with Gasteiger partial charge in [0, 0.05) is 42.1 Å². The number of hydrogen-bond donors (Lipinski definition) is 1. The minimum absolute atomic E-state index is 0.121. The summed E-state index contributed by atoms with van der Waals surface area (Å²) in [5, 5.41) is 14.0. The van der Waals surface area contributed by atoms with Crippen LogP contribution in [0.4, 0.5) is 5.69 Å². The van der Waals surface area contributed by atoms with Crippen molar-refractivity contribution in [2.24, 2.45) is 0 Å². The summed E-state index contributed by atoms with van der Waals surface area (Å²) in [6, 6.07) is 10.8. The van der Waals surface area contributed by atoms with E-state index in [1.165, 1.54) is 17.0 Å². The van der Waals surface area contributed by atoms with E-state index in [0.717, 1.165) is 36.6 Å². The van der Waals surface area contributed by atoms with Crippen LogP contribution in [0.3, 0.4) is 0 Å². The van der Waals surface area contributed by atoms with Crippen LogP contribution in [0.25, 0.3) is 10.4 Å². The van der Waals surface area contributed by atoms with Crippen molar-refractivity contribution in [2.75, 3.05) is 20.3 Å². The van der Waals surface area contributed by atoms with Crippen LogP contribution < -0.4 is 5.32 Å². The Morgan fingerprint density at radius 3 is 2.67 bits per heavy atom. The van der Waals surface area contributed by atoms with Crippen molar-refractivity contribution in [3.63, 3.8) is 0 Å². The zero-order chi connectivity index (χ0) is 15.1. The van der Waals surface area contributed by atoms with Gasteiger partial charge in [-0.15, -0.1) is 11.3 Å². The highest BCUT2D eigenvalue weighted by molar-refractivity contribution is 7.15. The van der Waals surface area contributed by atoms with Gasteiger partial charge in [-0.05, 0) is 42.8 Å². The number of non-ortho nitro benzene ring substituents is 1. The van der Waals surface area contributed by atoms with Gasteiger partial charge in [0.25, 0.3) is 5.69 Å². The molecule has 6 heteroatoms. The predicted molar refractivity (Wildman–Crippen MR) is 84.6 cm³/mol. The van der Waals surface area contributed by atoms with Crippen molar-refractivity contribution < 1.29 is 9.66 Å². The summed E-state index contributed by atoms with van der Waals surface area (Å²) in [7, 11) is 1.70. The van der Waals surface area contributed by atoms with Crippen LogP contribution in [0, 0.1) is 10.1 Å². The van der Waals surface area contributed by atoms with Crippen LogP contribution in [0.15, 0.2) is 36.4 Å². The van der Waals surface area contributed by atoms with E-state index < -0.39 is 0 Å². The van der Waals surface area contributed by atoms with Crippen LogP contribution in [0.2, 0.25) is 0 Å². The molecule has 0 saturated carbocycles. The lowest BCUT2D eigenvalue weighted by Crippen LogP contribution is -2.15. The molecule has 0 aliphatic heterocycles. The van der Waals surface area contributed by atoms with Crippen LogP contribution in [-0.2, 0) is 11.3 Å². The van der Waals surface area contributed by atoms with Crippen molar-refractivity contribution in [2.45, 2.75) is 13.0 Å². The normalized spacial score (nSPS) is 10.7. The Morgan fingerprint density at radius 1 is 1.24 bits per heavy atom. The maximum Gasteiger partial charge on any atom is 0.269 e. The molecule has 0 saturated heterocycles. The number of nitrogens with one attached hydrogen (secondary N) is 1. The van der Waals surface area contributed by atoms with Gasteiger partial charge in [-0.25, -0.2) is 0 Å². The Morgan fingerprint density at radius 2 is 2.00 bits per heavy atom. The lowest BCUT2D eigenvalue weighted by molar-refractivity contribution is -0.384. The van der Waals surface area contributed by atoms with Crippen molar-refractivity contribution in [1.29, 1.82) is 0 Å². The molecule has 0 aliphatic rings. The molecule has 0 atom stereocenters. The highest BCUT2D eigenvalue weighted by atomic mass is 32.1. The van der Waals surface area contributed by atoms with Crippen molar-refractivity contribution in [3.05, 3.63) is 51.4 Å². The fraction of sp³-hybridized carbons (Fsp3) is 0.333. The molecule has 21 heavy (non-hydrogen) atoms. The minimum Gasteiger partial charge on any atom is -0.385 e. The van der Waals surface area contributed by atoms with E-state index in [1.807, 2.05) is 0 Å². The number of nitro groups is 1. The molecule has 5 nitrogen and oxygen atoms in total. The quantitative estimate of drug-likeness (QED) is 0.461. The standard InChI is InChI=1S/C15H18N2O3S/c1-20-10-2-9-16-11-14-7-8-15(21-14)12-3-5-13(6-4-12)17(18)19/h3-8,16H,2,9-11H2,1H3. The smallest absolute Gasteiger partial charge is 0.269 e. The SMILES string of the molecule is COCCCNCc1ccc(-c2ccc([N+](=O)[O-])cc2)s1. The predicted octanol–water partition coefficient (Wildman–Crippen LogP) is 3.45. The summed E-state index contributed by atoms with van der Waals surface area (Å²) in [4.78, 5) is 12.6. The second-order valence-electron chi connectivity index (χ2n) is 4.59. The van der Waals surface area contributed by atoms with E-state index in [9.17, 15) is 10.1 Å². The first kappa shape index (κ1) is 15.6. The molecule has 2 rings (SSSR count). The third-order valence-corrected chi connectivity index (χ3v) is 4.16. The number of nitro benzene ring substituents is 1. The van der Waals surface area contributed by atoms with Gasteiger partial charge in [-0.3, -0.25) is 10.1 Å². The number of ether oxygens (including phenoxy) is 1. The van der Waals surface area contributed by atoms with Gasteiger partial charge in [0.05, 0.1) is 4.92 Å². The monoisotopic (exact) mass is 306 g/mol. The van der Waals surface area contributed by atoms with Crippen molar-refractivity contribution in [1.82, 2.24) is 5.32 Å². The molecule has 0 aliphatic carbocycles. The maximum absolute atomic E-state index is 10.6. The van der Waals surface area contributed by atoms with Gasteiger partial charge < -0.3 is 10.1 Å². The molecule has 1 aromatic heterocycles. The van der Waals surface area contributed by atoms with Crippen LogP contribution in [0.5, 0.6) is 0 Å². The van der Waals surface area contributed by atoms with Gasteiger partial charge in [-0.2, -0.15) is 0 Å². The average molecular weight is 306 g/mol. The summed E-state index contributed by atoms with van der Waals surface area (Å²) < 4.78 is 5.00. The summed E-state index contributed by atoms with van der Waals surface area (Å²) in [6.07, 6.45) is 0.997. The van der Waals surface area contributed by atoms with E-state index in [1.54, 1.807) is 30.6 Å². The number of hydrogen-bond acceptors (Lipinski definition) is 5. The molecule has 1 aromatic carbocycles. The largest absolute Gasteiger partial charge is 0.385 e. The maximum atomic E-state index is 10.6. The number of methoxy groups -OCH3 is 1. The molecule has 0 unspecified atom stereocenters. The Kier molecular flexibility index (Phi) is 5.86. The second kappa shape index (κ2) is 7.87. The zero-order valence-corrected chi connectivity index (χ0v) is 12.7. The molecular formula is C15H18N2O3S. The molecule has 1 heterocycles. The minimum atomic E-state index is -0.381. The lowest BCUT2D eigenvalue weighted by atomic mass is 10.2. The summed E-state index contributed by atoms with van der Waals surface area (Å²) in [5.74, 6) is 0. The van der Waals surface area contributed by atoms with E-state index >= 15 is 0 Å². The van der Waals surface area contributed by atoms with Gasteiger partial charge in [0.2, 0.25) is 0 Å². The lowest BCUT2D eigenvalue weighted by Gasteiger charge is -2.02. The second-order valence-corrected chi connectivity index (χ2v) is 5.76. The van der Waals surface area contributed by atoms with Gasteiger partial charge in [0.15, 0.2) is 0 Å².